The molecule has 0 saturated heterocycles. The van der Waals surface area contributed by atoms with Crippen molar-refractivity contribution in [3.8, 4) is 0 Å². The number of nitrogens with zero attached hydrogens (tertiary/aromatic N) is 1. The minimum absolute atomic E-state index is 0.353. The Morgan fingerprint density at radius 1 is 1.06 bits per heavy atom. The molecule has 0 bridgehead atoms. The van der Waals surface area contributed by atoms with Crippen molar-refractivity contribution in [1.82, 2.24) is 0 Å². The Balaban J connectivity index is 2.73. The summed E-state index contributed by atoms with van der Waals surface area (Å²) in [6, 6.07) is 3.85. The number of anilines is 1. The third-order valence-electron chi connectivity index (χ3n) is 2.98. The van der Waals surface area contributed by atoms with E-state index in [0.717, 1.165) is 16.8 Å². The minimum Gasteiger partial charge on any atom is -0.333 e. The molecular formula is C13H17NO2Si. The minimum atomic E-state index is -1.87. The number of fused-ring (bicyclic) bond motifs is 1. The van der Waals surface area contributed by atoms with Crippen molar-refractivity contribution in [3.05, 3.63) is 28.8 Å². The van der Waals surface area contributed by atoms with Crippen LogP contribution in [0.2, 0.25) is 19.6 Å². The van der Waals surface area contributed by atoms with Gasteiger partial charge in [0.1, 0.15) is 0 Å². The summed E-state index contributed by atoms with van der Waals surface area (Å²) in [7, 11) is -1.87. The van der Waals surface area contributed by atoms with Gasteiger partial charge < -0.3 is 4.57 Å². The fraction of sp³-hybridized carbons (Fsp3) is 0.385. The highest BCUT2D eigenvalue weighted by Crippen LogP contribution is 2.36. The van der Waals surface area contributed by atoms with Crippen molar-refractivity contribution in [1.29, 1.82) is 0 Å². The average Bonchev–Trinajstić information content (AvgIpc) is 2.41. The SMILES string of the molecule is Cc1cc(C)c2c(c1)C(=O)C(=O)N2[Si](C)(C)C. The van der Waals surface area contributed by atoms with Crippen molar-refractivity contribution in [3.63, 3.8) is 0 Å². The molecule has 4 heteroatoms. The van der Waals surface area contributed by atoms with Crippen molar-refractivity contribution in [2.75, 3.05) is 4.57 Å². The molecule has 0 unspecified atom stereocenters. The van der Waals surface area contributed by atoms with Crippen LogP contribution in [0.3, 0.4) is 0 Å². The molecule has 1 aromatic carbocycles. The summed E-state index contributed by atoms with van der Waals surface area (Å²) in [6.45, 7) is 10.1. The lowest BCUT2D eigenvalue weighted by molar-refractivity contribution is -0.113. The molecule has 0 radical (unpaired) electrons. The first-order chi connectivity index (χ1) is 7.73. The van der Waals surface area contributed by atoms with Crippen LogP contribution in [0.25, 0.3) is 0 Å². The molecule has 1 aromatic rings. The van der Waals surface area contributed by atoms with E-state index in [1.54, 1.807) is 4.57 Å². The second-order valence-corrected chi connectivity index (χ2v) is 10.4. The lowest BCUT2D eigenvalue weighted by Gasteiger charge is -2.31. The van der Waals surface area contributed by atoms with E-state index in [0.29, 0.717) is 5.56 Å². The molecule has 1 amide bonds. The van der Waals surface area contributed by atoms with Crippen LogP contribution in [0.5, 0.6) is 0 Å². The van der Waals surface area contributed by atoms with E-state index in [4.69, 9.17) is 0 Å². The molecule has 0 atom stereocenters. The molecular weight excluding hydrogens is 230 g/mol. The summed E-state index contributed by atoms with van der Waals surface area (Å²) < 4.78 is 1.75. The van der Waals surface area contributed by atoms with Gasteiger partial charge in [0.15, 0.2) is 8.24 Å². The van der Waals surface area contributed by atoms with E-state index >= 15 is 0 Å². The molecule has 2 rings (SSSR count). The number of hydrogen-bond donors (Lipinski definition) is 0. The van der Waals surface area contributed by atoms with Crippen molar-refractivity contribution in [2.24, 2.45) is 0 Å². The third-order valence-corrected chi connectivity index (χ3v) is 4.75. The molecule has 1 aliphatic heterocycles. The molecule has 0 saturated carbocycles. The Morgan fingerprint density at radius 3 is 2.18 bits per heavy atom. The van der Waals surface area contributed by atoms with Gasteiger partial charge >= 0.3 is 0 Å². The number of carbonyl (C=O) groups excluding carboxylic acids is 2. The first-order valence-electron chi connectivity index (χ1n) is 5.73. The lowest BCUT2D eigenvalue weighted by atomic mass is 10.0. The fourth-order valence-electron chi connectivity index (χ4n) is 2.39. The molecule has 1 heterocycles. The van der Waals surface area contributed by atoms with Crippen molar-refractivity contribution in [2.45, 2.75) is 33.5 Å². The molecule has 0 aromatic heterocycles. The van der Waals surface area contributed by atoms with Gasteiger partial charge in [-0.15, -0.1) is 0 Å². The molecule has 0 fully saturated rings. The van der Waals surface area contributed by atoms with Gasteiger partial charge in [-0.3, -0.25) is 9.59 Å². The van der Waals surface area contributed by atoms with Crippen LogP contribution >= 0.6 is 0 Å². The number of benzene rings is 1. The number of ketones is 1. The van der Waals surface area contributed by atoms with Crippen LogP contribution in [0.4, 0.5) is 5.69 Å². The number of hydrogen-bond acceptors (Lipinski definition) is 2. The summed E-state index contributed by atoms with van der Waals surface area (Å²) in [5.74, 6) is -0.706. The summed E-state index contributed by atoms with van der Waals surface area (Å²) in [4.78, 5) is 24.1. The van der Waals surface area contributed by atoms with E-state index in [9.17, 15) is 9.59 Å². The first kappa shape index (κ1) is 12.0. The predicted molar refractivity (Wildman–Crippen MR) is 71.1 cm³/mol. The van der Waals surface area contributed by atoms with E-state index in [1.165, 1.54) is 0 Å². The van der Waals surface area contributed by atoms with Gasteiger partial charge in [-0.25, -0.2) is 0 Å². The second-order valence-electron chi connectivity index (χ2n) is 5.62. The van der Waals surface area contributed by atoms with Crippen molar-refractivity contribution >= 4 is 25.6 Å². The maximum absolute atomic E-state index is 12.1. The Kier molecular flexibility index (Phi) is 2.50. The molecule has 90 valence electrons. The topological polar surface area (TPSA) is 37.4 Å². The standard InChI is InChI=1S/C13H17NO2Si/c1-8-6-9(2)11-10(7-8)12(15)13(16)14(11)17(3,4)5/h6-7H,1-5H3. The summed E-state index contributed by atoms with van der Waals surface area (Å²) in [5.41, 5.74) is 3.46. The van der Waals surface area contributed by atoms with E-state index < -0.39 is 8.24 Å². The lowest BCUT2D eigenvalue weighted by Crippen LogP contribution is -2.49. The Morgan fingerprint density at radius 2 is 1.65 bits per heavy atom. The molecule has 1 aliphatic rings. The smallest absolute Gasteiger partial charge is 0.291 e. The van der Waals surface area contributed by atoms with E-state index in [2.05, 4.69) is 19.6 Å². The zero-order chi connectivity index (χ0) is 13.0. The van der Waals surface area contributed by atoms with Crippen LogP contribution in [0.1, 0.15) is 21.5 Å². The van der Waals surface area contributed by atoms with Crippen LogP contribution in [-0.4, -0.2) is 19.9 Å². The maximum Gasteiger partial charge on any atom is 0.291 e. The highest BCUT2D eigenvalue weighted by Gasteiger charge is 2.43. The highest BCUT2D eigenvalue weighted by molar-refractivity contribution is 6.87. The Hall–Kier alpha value is -1.42. The number of rotatable bonds is 1. The zero-order valence-corrected chi connectivity index (χ0v) is 11.9. The van der Waals surface area contributed by atoms with Gasteiger partial charge in [0.2, 0.25) is 0 Å². The number of Topliss-reactive ketones (excluding diaryl/α,β-unsaturated/α-hetero) is 1. The highest BCUT2D eigenvalue weighted by atomic mass is 28.3. The number of aryl methyl sites for hydroxylation is 2. The van der Waals surface area contributed by atoms with Crippen LogP contribution < -0.4 is 4.57 Å². The molecule has 17 heavy (non-hydrogen) atoms. The van der Waals surface area contributed by atoms with Crippen LogP contribution in [0, 0.1) is 13.8 Å². The van der Waals surface area contributed by atoms with Gasteiger partial charge in [0, 0.05) is 0 Å². The first-order valence-corrected chi connectivity index (χ1v) is 9.18. The maximum atomic E-state index is 12.1. The largest absolute Gasteiger partial charge is 0.333 e. The Bertz CT molecular complexity index is 529. The fourth-order valence-corrected chi connectivity index (χ4v) is 4.07. The quantitative estimate of drug-likeness (QED) is 0.565. The monoisotopic (exact) mass is 247 g/mol. The molecule has 0 spiro atoms. The molecule has 0 aliphatic carbocycles. The van der Waals surface area contributed by atoms with Crippen LogP contribution in [-0.2, 0) is 4.79 Å². The van der Waals surface area contributed by atoms with E-state index in [1.807, 2.05) is 26.0 Å². The number of carbonyl (C=O) groups is 2. The van der Waals surface area contributed by atoms with Gasteiger partial charge in [0.25, 0.3) is 11.7 Å². The van der Waals surface area contributed by atoms with Gasteiger partial charge in [-0.1, -0.05) is 25.7 Å². The van der Waals surface area contributed by atoms with Crippen molar-refractivity contribution < 1.29 is 9.59 Å². The van der Waals surface area contributed by atoms with Gasteiger partial charge in [-0.2, -0.15) is 0 Å². The predicted octanol–water partition coefficient (Wildman–Crippen LogP) is 2.67. The number of amides is 1. The summed E-state index contributed by atoms with van der Waals surface area (Å²) in [6.07, 6.45) is 0. The van der Waals surface area contributed by atoms with Crippen LogP contribution in [0.15, 0.2) is 12.1 Å². The third kappa shape index (κ3) is 1.72. The van der Waals surface area contributed by atoms with Gasteiger partial charge in [0.05, 0.1) is 11.3 Å². The summed E-state index contributed by atoms with van der Waals surface area (Å²) >= 11 is 0. The van der Waals surface area contributed by atoms with E-state index in [-0.39, 0.29) is 11.7 Å². The van der Waals surface area contributed by atoms with Gasteiger partial charge in [-0.05, 0) is 31.0 Å². The normalized spacial score (nSPS) is 15.5. The average molecular weight is 247 g/mol. The zero-order valence-electron chi connectivity index (χ0n) is 10.9. The second kappa shape index (κ2) is 3.53. The molecule has 0 N–H and O–H groups in total. The molecule has 3 nitrogen and oxygen atoms in total. The Labute approximate surface area is 103 Å². The summed E-state index contributed by atoms with van der Waals surface area (Å²) in [5, 5.41) is 0.